The van der Waals surface area contributed by atoms with E-state index in [0.717, 1.165) is 5.56 Å². The molecule has 0 spiro atoms. The molecule has 9 nitrogen and oxygen atoms in total. The van der Waals surface area contributed by atoms with E-state index in [1.165, 1.54) is 19.4 Å². The highest BCUT2D eigenvalue weighted by Gasteiger charge is 2.36. The number of carbonyl (C=O) groups is 2. The van der Waals surface area contributed by atoms with Crippen LogP contribution in [0.1, 0.15) is 23.0 Å². The van der Waals surface area contributed by atoms with Crippen LogP contribution in [0.3, 0.4) is 0 Å². The lowest BCUT2D eigenvalue weighted by molar-refractivity contribution is -0.162. The van der Waals surface area contributed by atoms with Gasteiger partial charge in [-0.05, 0) is 18.9 Å². The predicted octanol–water partition coefficient (Wildman–Crippen LogP) is 2.37. The number of pyridine rings is 1. The van der Waals surface area contributed by atoms with Gasteiger partial charge in [-0.25, -0.2) is 18.6 Å². The largest absolute Gasteiger partial charge is 0.503 e. The first kappa shape index (κ1) is 26.3. The Balaban J connectivity index is 1.77. The molecular weight excluding hydrogens is 466 g/mol. The van der Waals surface area contributed by atoms with Crippen molar-refractivity contribution in [3.8, 4) is 11.5 Å². The maximum Gasteiger partial charge on any atom is 0.331 e. The number of cyclic esters (lactones) is 1. The molecule has 0 unspecified atom stereocenters. The van der Waals surface area contributed by atoms with Crippen LogP contribution in [-0.4, -0.2) is 73.6 Å². The Labute approximate surface area is 201 Å². The molecule has 1 aromatic heterocycles. The number of nitrogens with one attached hydrogen (secondary N) is 1. The predicted molar refractivity (Wildman–Crippen MR) is 119 cm³/mol. The molecule has 1 fully saturated rings. The summed E-state index contributed by atoms with van der Waals surface area (Å²) in [6.07, 6.45) is -2.76. The van der Waals surface area contributed by atoms with E-state index in [0.29, 0.717) is 6.42 Å². The number of benzene rings is 1. The number of ether oxygens (including phenoxy) is 4. The number of carbonyl (C=O) groups excluding carboxylic acids is 2. The van der Waals surface area contributed by atoms with E-state index in [4.69, 9.17) is 18.9 Å². The van der Waals surface area contributed by atoms with E-state index in [2.05, 4.69) is 10.3 Å². The molecule has 2 heterocycles. The summed E-state index contributed by atoms with van der Waals surface area (Å²) >= 11 is 0. The Hall–Kier alpha value is -3.31. The molecule has 0 saturated carbocycles. The van der Waals surface area contributed by atoms with Gasteiger partial charge in [-0.15, -0.1) is 0 Å². The van der Waals surface area contributed by atoms with Gasteiger partial charge >= 0.3 is 5.97 Å². The van der Waals surface area contributed by atoms with Crippen molar-refractivity contribution in [1.82, 2.24) is 10.3 Å². The lowest BCUT2D eigenvalue weighted by Gasteiger charge is -2.30. The third-order valence-electron chi connectivity index (χ3n) is 5.51. The minimum absolute atomic E-state index is 0.0369. The van der Waals surface area contributed by atoms with E-state index in [-0.39, 0.29) is 24.7 Å². The summed E-state index contributed by atoms with van der Waals surface area (Å²) in [6, 6.07) is 9.50. The second-order valence-corrected chi connectivity index (χ2v) is 8.05. The number of hydrogen-bond acceptors (Lipinski definition) is 8. The second kappa shape index (κ2) is 12.4. The first-order chi connectivity index (χ1) is 16.8. The summed E-state index contributed by atoms with van der Waals surface area (Å²) in [4.78, 5) is 29.4. The number of esters is 1. The summed E-state index contributed by atoms with van der Waals surface area (Å²) in [5.74, 6) is -2.53. The van der Waals surface area contributed by atoms with E-state index in [1.54, 1.807) is 6.92 Å². The third-order valence-corrected chi connectivity index (χ3v) is 5.51. The average Bonchev–Trinajstić information content (AvgIpc) is 2.87. The number of alkyl halides is 2. The number of amides is 1. The van der Waals surface area contributed by atoms with Crippen LogP contribution in [0.15, 0.2) is 42.6 Å². The molecule has 190 valence electrons. The molecule has 35 heavy (non-hydrogen) atoms. The maximum absolute atomic E-state index is 12.9. The van der Waals surface area contributed by atoms with Crippen molar-refractivity contribution in [2.45, 2.75) is 38.0 Å². The van der Waals surface area contributed by atoms with Crippen molar-refractivity contribution in [1.29, 1.82) is 0 Å². The van der Waals surface area contributed by atoms with Crippen LogP contribution in [0, 0.1) is 5.92 Å². The normalized spacial score (nSPS) is 23.1. The van der Waals surface area contributed by atoms with E-state index in [1.807, 2.05) is 30.3 Å². The maximum atomic E-state index is 12.9. The van der Waals surface area contributed by atoms with E-state index >= 15 is 0 Å². The lowest BCUT2D eigenvalue weighted by Crippen LogP contribution is -2.46. The second-order valence-electron chi connectivity index (χ2n) is 8.05. The molecule has 1 amide bonds. The van der Waals surface area contributed by atoms with E-state index < -0.39 is 54.8 Å². The minimum Gasteiger partial charge on any atom is -0.503 e. The van der Waals surface area contributed by atoms with Gasteiger partial charge in [0, 0.05) is 18.2 Å². The van der Waals surface area contributed by atoms with Crippen LogP contribution in [0.2, 0.25) is 0 Å². The highest BCUT2D eigenvalue weighted by molar-refractivity contribution is 5.98. The topological polar surface area (TPSA) is 116 Å². The Bertz CT molecular complexity index is 993. The van der Waals surface area contributed by atoms with Crippen LogP contribution in [0.4, 0.5) is 8.78 Å². The molecule has 2 N–H and O–H groups in total. The molecule has 0 bridgehead atoms. The van der Waals surface area contributed by atoms with Gasteiger partial charge in [-0.1, -0.05) is 30.3 Å². The Morgan fingerprint density at radius 3 is 2.69 bits per heavy atom. The minimum atomic E-state index is -2.70. The van der Waals surface area contributed by atoms with Crippen LogP contribution >= 0.6 is 0 Å². The molecule has 1 aliphatic heterocycles. The summed E-state index contributed by atoms with van der Waals surface area (Å²) in [5, 5.41) is 12.6. The summed E-state index contributed by atoms with van der Waals surface area (Å²) < 4.78 is 47.5. The van der Waals surface area contributed by atoms with Gasteiger partial charge in [0.2, 0.25) is 0 Å². The standard InChI is InChI=1S/C24H28F2N2O7/c1-14-22(34-13-19(25)26)16(10-15-6-4-3-5-7-15)11-33-12-17(24(31)35-14)28-23(30)20-21(29)18(32-2)8-9-27-20/h3-9,14,16-17,19,22,29H,10-13H2,1-2H3,(H,28,30)/t14-,16-,17-,22-/m0/s1. The summed E-state index contributed by atoms with van der Waals surface area (Å²) in [5.41, 5.74) is 0.596. The fraction of sp³-hybridized carbons (Fsp3) is 0.458. The van der Waals surface area contributed by atoms with Gasteiger partial charge in [-0.3, -0.25) is 4.79 Å². The zero-order chi connectivity index (χ0) is 25.4. The number of hydrogen-bond donors (Lipinski definition) is 2. The first-order valence-electron chi connectivity index (χ1n) is 11.0. The third kappa shape index (κ3) is 7.09. The van der Waals surface area contributed by atoms with Crippen LogP contribution in [0.25, 0.3) is 0 Å². The Kier molecular flexibility index (Phi) is 9.32. The number of halogens is 2. The van der Waals surface area contributed by atoms with Gasteiger partial charge < -0.3 is 29.4 Å². The van der Waals surface area contributed by atoms with Crippen molar-refractivity contribution < 1.29 is 42.4 Å². The molecule has 3 rings (SSSR count). The molecule has 2 aromatic rings. The average molecular weight is 494 g/mol. The first-order valence-corrected chi connectivity index (χ1v) is 11.0. The molecule has 0 radical (unpaired) electrons. The van der Waals surface area contributed by atoms with Gasteiger partial charge in [0.05, 0.1) is 26.4 Å². The SMILES string of the molecule is COc1ccnc(C(=O)N[C@H]2COC[C@H](Cc3ccccc3)[C@@H](OCC(F)F)[C@H](C)OC2=O)c1O. The molecule has 4 atom stereocenters. The van der Waals surface area contributed by atoms with Crippen molar-refractivity contribution in [2.24, 2.45) is 5.92 Å². The molecular formula is C24H28F2N2O7. The van der Waals surface area contributed by atoms with Gasteiger partial charge in [0.15, 0.2) is 23.2 Å². The van der Waals surface area contributed by atoms with E-state index in [9.17, 15) is 23.5 Å². The zero-order valence-corrected chi connectivity index (χ0v) is 19.4. The van der Waals surface area contributed by atoms with Gasteiger partial charge in [-0.2, -0.15) is 0 Å². The number of methoxy groups -OCH3 is 1. The van der Waals surface area contributed by atoms with Gasteiger partial charge in [0.25, 0.3) is 12.3 Å². The Morgan fingerprint density at radius 1 is 1.26 bits per heavy atom. The zero-order valence-electron chi connectivity index (χ0n) is 19.4. The lowest BCUT2D eigenvalue weighted by atomic mass is 9.91. The molecule has 11 heteroatoms. The van der Waals surface area contributed by atoms with Crippen molar-refractivity contribution in [2.75, 3.05) is 26.9 Å². The summed E-state index contributed by atoms with van der Waals surface area (Å²) in [7, 11) is 1.32. The van der Waals surface area contributed by atoms with Gasteiger partial charge in [0.1, 0.15) is 12.7 Å². The monoisotopic (exact) mass is 494 g/mol. The fourth-order valence-corrected chi connectivity index (χ4v) is 3.86. The fourth-order valence-electron chi connectivity index (χ4n) is 3.86. The highest BCUT2D eigenvalue weighted by atomic mass is 19.3. The number of aromatic nitrogens is 1. The van der Waals surface area contributed by atoms with Crippen LogP contribution in [0.5, 0.6) is 11.5 Å². The van der Waals surface area contributed by atoms with Crippen molar-refractivity contribution in [3.05, 3.63) is 53.9 Å². The number of aromatic hydroxyl groups is 1. The molecule has 0 aliphatic carbocycles. The Morgan fingerprint density at radius 2 is 2.00 bits per heavy atom. The van der Waals surface area contributed by atoms with Crippen LogP contribution < -0.4 is 10.1 Å². The molecule has 1 saturated heterocycles. The highest BCUT2D eigenvalue weighted by Crippen LogP contribution is 2.28. The molecule has 1 aromatic carbocycles. The summed E-state index contributed by atoms with van der Waals surface area (Å²) in [6.45, 7) is 0.554. The number of nitrogens with zero attached hydrogens (tertiary/aromatic N) is 1. The molecule has 1 aliphatic rings. The smallest absolute Gasteiger partial charge is 0.331 e. The van der Waals surface area contributed by atoms with Crippen molar-refractivity contribution in [3.63, 3.8) is 0 Å². The van der Waals surface area contributed by atoms with Crippen LogP contribution in [-0.2, 0) is 25.4 Å². The van der Waals surface area contributed by atoms with Crippen molar-refractivity contribution >= 4 is 11.9 Å². The number of rotatable bonds is 8. The quantitative estimate of drug-likeness (QED) is 0.538.